The topological polar surface area (TPSA) is 41.6 Å². The number of amides is 1. The van der Waals surface area contributed by atoms with Crippen LogP contribution in [0.5, 0.6) is 5.75 Å². The average Bonchev–Trinajstić information content (AvgIpc) is 2.99. The summed E-state index contributed by atoms with van der Waals surface area (Å²) >= 11 is 3.45. The van der Waals surface area contributed by atoms with E-state index in [2.05, 4.69) is 21.2 Å². The molecule has 4 nitrogen and oxygen atoms in total. The van der Waals surface area contributed by atoms with Gasteiger partial charge in [-0.05, 0) is 46.0 Å². The molecule has 0 radical (unpaired) electrons. The monoisotopic (exact) mass is 360 g/mol. The number of hydrogen-bond acceptors (Lipinski definition) is 3. The molecule has 2 fully saturated rings. The number of rotatable bonds is 2. The van der Waals surface area contributed by atoms with Crippen LogP contribution < -0.4 is 10.1 Å². The molecule has 1 N–H and O–H groups in total. The summed E-state index contributed by atoms with van der Waals surface area (Å²) in [5.41, 5.74) is 0.687. The third-order valence-electron chi connectivity index (χ3n) is 4.08. The van der Waals surface area contributed by atoms with Crippen molar-refractivity contribution in [1.82, 2.24) is 10.2 Å². The van der Waals surface area contributed by atoms with Crippen LogP contribution in [0.4, 0.5) is 0 Å². The Morgan fingerprint density at radius 3 is 2.60 bits per heavy atom. The minimum atomic E-state index is 0. The van der Waals surface area contributed by atoms with Gasteiger partial charge in [0.2, 0.25) is 0 Å². The lowest BCUT2D eigenvalue weighted by molar-refractivity contribution is 0.0780. The van der Waals surface area contributed by atoms with E-state index in [1.54, 1.807) is 13.2 Å². The lowest BCUT2D eigenvalue weighted by Gasteiger charge is -2.18. The highest BCUT2D eigenvalue weighted by Crippen LogP contribution is 2.30. The molecule has 0 spiro atoms. The standard InChI is InChI=1S/C14H17BrN2O2.ClH/c1-19-11-2-3-13(15)12(4-11)14(18)17-7-9-5-16-6-10(9)8-17;/h2-4,9-10,16H,5-8H2,1H3;1H/t9-,10+;. The lowest BCUT2D eigenvalue weighted by atomic mass is 10.0. The lowest BCUT2D eigenvalue weighted by Crippen LogP contribution is -2.32. The molecule has 110 valence electrons. The molecular formula is C14H18BrClN2O2. The Morgan fingerprint density at radius 2 is 2.00 bits per heavy atom. The summed E-state index contributed by atoms with van der Waals surface area (Å²) < 4.78 is 6.02. The molecule has 2 aliphatic rings. The molecule has 1 aromatic rings. The number of halogens is 2. The van der Waals surface area contributed by atoms with Gasteiger partial charge in [-0.25, -0.2) is 0 Å². The first-order valence-corrected chi connectivity index (χ1v) is 7.32. The third-order valence-corrected chi connectivity index (χ3v) is 4.77. The van der Waals surface area contributed by atoms with Crippen molar-refractivity contribution in [2.24, 2.45) is 11.8 Å². The second-order valence-corrected chi connectivity index (χ2v) is 6.09. The minimum Gasteiger partial charge on any atom is -0.497 e. The van der Waals surface area contributed by atoms with E-state index in [0.717, 1.165) is 30.7 Å². The molecule has 0 aromatic heterocycles. The summed E-state index contributed by atoms with van der Waals surface area (Å²) in [5, 5.41) is 3.39. The van der Waals surface area contributed by atoms with Crippen LogP contribution in [-0.2, 0) is 0 Å². The van der Waals surface area contributed by atoms with Gasteiger partial charge in [-0.15, -0.1) is 12.4 Å². The van der Waals surface area contributed by atoms with E-state index >= 15 is 0 Å². The van der Waals surface area contributed by atoms with Gasteiger partial charge in [0.15, 0.2) is 0 Å². The van der Waals surface area contributed by atoms with Crippen molar-refractivity contribution in [3.05, 3.63) is 28.2 Å². The number of methoxy groups -OCH3 is 1. The number of hydrogen-bond donors (Lipinski definition) is 1. The smallest absolute Gasteiger partial charge is 0.255 e. The van der Waals surface area contributed by atoms with Gasteiger partial charge in [0.1, 0.15) is 5.75 Å². The third kappa shape index (κ3) is 2.80. The predicted molar refractivity (Wildman–Crippen MR) is 83.7 cm³/mol. The van der Waals surface area contributed by atoms with Crippen molar-refractivity contribution in [1.29, 1.82) is 0 Å². The Kier molecular flexibility index (Phi) is 4.94. The maximum Gasteiger partial charge on any atom is 0.255 e. The Balaban J connectivity index is 0.00000147. The van der Waals surface area contributed by atoms with E-state index in [0.29, 0.717) is 23.1 Å². The number of nitrogens with one attached hydrogen (secondary N) is 1. The minimum absolute atomic E-state index is 0. The highest BCUT2D eigenvalue weighted by molar-refractivity contribution is 9.10. The largest absolute Gasteiger partial charge is 0.497 e. The summed E-state index contributed by atoms with van der Waals surface area (Å²) in [7, 11) is 1.61. The molecule has 0 saturated carbocycles. The van der Waals surface area contributed by atoms with Gasteiger partial charge in [0.25, 0.3) is 5.91 Å². The van der Waals surface area contributed by atoms with Gasteiger partial charge >= 0.3 is 0 Å². The zero-order valence-electron chi connectivity index (χ0n) is 11.3. The highest BCUT2D eigenvalue weighted by Gasteiger charge is 2.38. The maximum absolute atomic E-state index is 12.6. The first-order valence-electron chi connectivity index (χ1n) is 6.52. The van der Waals surface area contributed by atoms with E-state index in [4.69, 9.17) is 4.74 Å². The first-order chi connectivity index (χ1) is 9.19. The molecule has 2 saturated heterocycles. The van der Waals surface area contributed by atoms with Crippen molar-refractivity contribution in [2.75, 3.05) is 33.3 Å². The number of carbonyl (C=O) groups excluding carboxylic acids is 1. The van der Waals surface area contributed by atoms with Crippen LogP contribution in [0.25, 0.3) is 0 Å². The molecule has 2 aliphatic heterocycles. The van der Waals surface area contributed by atoms with Crippen molar-refractivity contribution in [3.8, 4) is 5.75 Å². The van der Waals surface area contributed by atoms with Crippen molar-refractivity contribution >= 4 is 34.2 Å². The van der Waals surface area contributed by atoms with Crippen LogP contribution in [-0.4, -0.2) is 44.1 Å². The van der Waals surface area contributed by atoms with Gasteiger partial charge < -0.3 is 15.0 Å². The van der Waals surface area contributed by atoms with Crippen LogP contribution in [0, 0.1) is 11.8 Å². The van der Waals surface area contributed by atoms with Crippen LogP contribution in [0.1, 0.15) is 10.4 Å². The fourth-order valence-corrected chi connectivity index (χ4v) is 3.40. The number of likely N-dealkylation sites (tertiary alicyclic amines) is 1. The van der Waals surface area contributed by atoms with Crippen molar-refractivity contribution < 1.29 is 9.53 Å². The van der Waals surface area contributed by atoms with Gasteiger partial charge in [-0.1, -0.05) is 0 Å². The molecule has 0 bridgehead atoms. The number of benzene rings is 1. The Hall–Kier alpha value is -0.780. The second-order valence-electron chi connectivity index (χ2n) is 5.23. The molecule has 20 heavy (non-hydrogen) atoms. The molecule has 3 rings (SSSR count). The SMILES string of the molecule is COc1ccc(Br)c(C(=O)N2C[C@H]3CNC[C@H]3C2)c1.Cl. The summed E-state index contributed by atoms with van der Waals surface area (Å²) in [4.78, 5) is 14.6. The molecule has 2 heterocycles. The van der Waals surface area contributed by atoms with E-state index in [-0.39, 0.29) is 18.3 Å². The van der Waals surface area contributed by atoms with Crippen molar-refractivity contribution in [3.63, 3.8) is 0 Å². The van der Waals surface area contributed by atoms with E-state index in [9.17, 15) is 4.79 Å². The molecule has 6 heteroatoms. The fraction of sp³-hybridized carbons (Fsp3) is 0.500. The number of carbonyl (C=O) groups is 1. The van der Waals surface area contributed by atoms with Crippen LogP contribution in [0.15, 0.2) is 22.7 Å². The average molecular weight is 362 g/mol. The van der Waals surface area contributed by atoms with Gasteiger partial charge in [0.05, 0.1) is 12.7 Å². The number of fused-ring (bicyclic) bond motifs is 1. The summed E-state index contributed by atoms with van der Waals surface area (Å²) in [6, 6.07) is 5.52. The fourth-order valence-electron chi connectivity index (χ4n) is 2.99. The van der Waals surface area contributed by atoms with Crippen LogP contribution in [0.2, 0.25) is 0 Å². The molecule has 1 aromatic carbocycles. The normalized spacial score (nSPS) is 24.2. The Labute approximate surface area is 133 Å². The molecule has 2 atom stereocenters. The molecular weight excluding hydrogens is 344 g/mol. The summed E-state index contributed by atoms with van der Waals surface area (Å²) in [6.07, 6.45) is 0. The van der Waals surface area contributed by atoms with E-state index < -0.39 is 0 Å². The van der Waals surface area contributed by atoms with Gasteiger partial charge in [0, 0.05) is 30.7 Å². The van der Waals surface area contributed by atoms with Crippen LogP contribution >= 0.6 is 28.3 Å². The first kappa shape index (κ1) is 15.6. The molecule has 0 aliphatic carbocycles. The molecule has 1 amide bonds. The second kappa shape index (κ2) is 6.33. The maximum atomic E-state index is 12.6. The predicted octanol–water partition coefficient (Wildman–Crippen LogP) is 2.17. The Morgan fingerprint density at radius 1 is 1.35 bits per heavy atom. The number of nitrogens with zero attached hydrogens (tertiary/aromatic N) is 1. The molecule has 0 unspecified atom stereocenters. The Bertz CT molecular complexity index is 500. The zero-order chi connectivity index (χ0) is 13.4. The summed E-state index contributed by atoms with van der Waals surface area (Å²) in [6.45, 7) is 3.79. The highest BCUT2D eigenvalue weighted by atomic mass is 79.9. The van der Waals surface area contributed by atoms with Crippen LogP contribution in [0.3, 0.4) is 0 Å². The quantitative estimate of drug-likeness (QED) is 0.878. The zero-order valence-corrected chi connectivity index (χ0v) is 13.7. The number of ether oxygens (including phenoxy) is 1. The summed E-state index contributed by atoms with van der Waals surface area (Å²) in [5.74, 6) is 2.05. The van der Waals surface area contributed by atoms with Gasteiger partial charge in [-0.2, -0.15) is 0 Å². The van der Waals surface area contributed by atoms with E-state index in [1.165, 1.54) is 0 Å². The van der Waals surface area contributed by atoms with Crippen molar-refractivity contribution in [2.45, 2.75) is 0 Å². The van der Waals surface area contributed by atoms with E-state index in [1.807, 2.05) is 17.0 Å². The van der Waals surface area contributed by atoms with Gasteiger partial charge in [-0.3, -0.25) is 4.79 Å².